The van der Waals surface area contributed by atoms with E-state index in [1.54, 1.807) is 12.1 Å². The highest BCUT2D eigenvalue weighted by Gasteiger charge is 2.19. The van der Waals surface area contributed by atoms with Crippen molar-refractivity contribution in [2.45, 2.75) is 19.9 Å². The largest absolute Gasteiger partial charge is 0.494 e. The molecule has 1 aromatic carbocycles. The molecule has 1 unspecified atom stereocenters. The van der Waals surface area contributed by atoms with Gasteiger partial charge in [-0.15, -0.1) is 12.4 Å². The normalized spacial score (nSPS) is 11.7. The molecule has 0 fully saturated rings. The Kier molecular flexibility index (Phi) is 7.82. The summed E-state index contributed by atoms with van der Waals surface area (Å²) in [5, 5.41) is 2.96. The molecule has 0 aliphatic rings. The number of likely N-dealkylation sites (N-methyl/N-ethyl adjacent to an activating group) is 1. The van der Waals surface area contributed by atoms with Crippen molar-refractivity contribution in [2.75, 3.05) is 27.2 Å². The van der Waals surface area contributed by atoms with Crippen molar-refractivity contribution in [1.29, 1.82) is 0 Å². The fourth-order valence-corrected chi connectivity index (χ4v) is 2.36. The SMILES string of the molecule is CCOc1cccc(C(=O)NCC(c2ccc(C)o2)N(C)C)c1.Cl. The fourth-order valence-electron chi connectivity index (χ4n) is 2.36. The van der Waals surface area contributed by atoms with Crippen LogP contribution in [0, 0.1) is 6.92 Å². The molecule has 1 atom stereocenters. The molecule has 6 heteroatoms. The van der Waals surface area contributed by atoms with Crippen LogP contribution in [0.4, 0.5) is 0 Å². The molecular formula is C18H25ClN2O3. The average Bonchev–Trinajstić information content (AvgIpc) is 2.94. The summed E-state index contributed by atoms with van der Waals surface area (Å²) in [6, 6.07) is 11.1. The summed E-state index contributed by atoms with van der Waals surface area (Å²) in [7, 11) is 3.93. The molecular weight excluding hydrogens is 328 g/mol. The zero-order valence-corrected chi connectivity index (χ0v) is 15.4. The van der Waals surface area contributed by atoms with Gasteiger partial charge in [-0.05, 0) is 58.3 Å². The molecule has 0 bridgehead atoms. The highest BCUT2D eigenvalue weighted by molar-refractivity contribution is 5.94. The van der Waals surface area contributed by atoms with Gasteiger partial charge in [0.05, 0.1) is 12.6 Å². The number of carbonyl (C=O) groups excluding carboxylic acids is 1. The topological polar surface area (TPSA) is 54.7 Å². The molecule has 24 heavy (non-hydrogen) atoms. The fraction of sp³-hybridized carbons (Fsp3) is 0.389. The molecule has 1 aromatic heterocycles. The summed E-state index contributed by atoms with van der Waals surface area (Å²) in [5.74, 6) is 2.28. The van der Waals surface area contributed by atoms with Crippen LogP contribution in [-0.2, 0) is 0 Å². The molecule has 2 rings (SSSR count). The van der Waals surface area contributed by atoms with E-state index in [1.165, 1.54) is 0 Å². The molecule has 1 amide bonds. The lowest BCUT2D eigenvalue weighted by Gasteiger charge is -2.22. The first kappa shape index (κ1) is 20.1. The number of ether oxygens (including phenoxy) is 1. The number of amides is 1. The lowest BCUT2D eigenvalue weighted by molar-refractivity contribution is 0.0938. The van der Waals surface area contributed by atoms with Crippen molar-refractivity contribution < 1.29 is 13.9 Å². The van der Waals surface area contributed by atoms with E-state index in [0.29, 0.717) is 24.5 Å². The molecule has 0 radical (unpaired) electrons. The number of carbonyl (C=O) groups is 1. The third-order valence-electron chi connectivity index (χ3n) is 3.58. The van der Waals surface area contributed by atoms with Crippen LogP contribution in [0.3, 0.4) is 0 Å². The van der Waals surface area contributed by atoms with Gasteiger partial charge in [0.25, 0.3) is 5.91 Å². The van der Waals surface area contributed by atoms with E-state index in [1.807, 2.05) is 57.1 Å². The zero-order chi connectivity index (χ0) is 16.8. The van der Waals surface area contributed by atoms with Crippen molar-refractivity contribution in [2.24, 2.45) is 0 Å². The van der Waals surface area contributed by atoms with E-state index in [4.69, 9.17) is 9.15 Å². The van der Waals surface area contributed by atoms with Crippen LogP contribution in [0.25, 0.3) is 0 Å². The molecule has 0 aliphatic heterocycles. The molecule has 0 aliphatic carbocycles. The van der Waals surface area contributed by atoms with Crippen molar-refractivity contribution in [3.63, 3.8) is 0 Å². The average molecular weight is 353 g/mol. The van der Waals surface area contributed by atoms with Gasteiger partial charge < -0.3 is 14.5 Å². The molecule has 0 saturated heterocycles. The molecule has 1 N–H and O–H groups in total. The lowest BCUT2D eigenvalue weighted by atomic mass is 10.1. The molecule has 132 valence electrons. The maximum Gasteiger partial charge on any atom is 0.251 e. The number of hydrogen-bond acceptors (Lipinski definition) is 4. The maximum absolute atomic E-state index is 12.3. The third-order valence-corrected chi connectivity index (χ3v) is 3.58. The van der Waals surface area contributed by atoms with E-state index in [2.05, 4.69) is 5.32 Å². The minimum absolute atomic E-state index is 0. The molecule has 1 heterocycles. The van der Waals surface area contributed by atoms with E-state index in [-0.39, 0.29) is 24.4 Å². The number of rotatable bonds is 7. The Bertz CT molecular complexity index is 655. The number of halogens is 1. The van der Waals surface area contributed by atoms with Gasteiger partial charge in [0.1, 0.15) is 17.3 Å². The van der Waals surface area contributed by atoms with Crippen molar-refractivity contribution >= 4 is 18.3 Å². The van der Waals surface area contributed by atoms with Crippen molar-refractivity contribution in [1.82, 2.24) is 10.2 Å². The second-order valence-electron chi connectivity index (χ2n) is 5.60. The van der Waals surface area contributed by atoms with Crippen LogP contribution in [0.2, 0.25) is 0 Å². The van der Waals surface area contributed by atoms with E-state index in [0.717, 1.165) is 11.5 Å². The third kappa shape index (κ3) is 5.28. The predicted molar refractivity (Wildman–Crippen MR) is 97.1 cm³/mol. The minimum atomic E-state index is -0.123. The maximum atomic E-state index is 12.3. The quantitative estimate of drug-likeness (QED) is 0.829. The Balaban J connectivity index is 0.00000288. The molecule has 5 nitrogen and oxygen atoms in total. The number of hydrogen-bond donors (Lipinski definition) is 1. The van der Waals surface area contributed by atoms with Crippen molar-refractivity contribution in [3.05, 3.63) is 53.5 Å². The Labute approximate surface area is 149 Å². The van der Waals surface area contributed by atoms with Gasteiger partial charge in [0, 0.05) is 12.1 Å². The van der Waals surface area contributed by atoms with Crippen LogP contribution < -0.4 is 10.1 Å². The van der Waals surface area contributed by atoms with Gasteiger partial charge in [-0.1, -0.05) is 6.07 Å². The summed E-state index contributed by atoms with van der Waals surface area (Å²) in [6.07, 6.45) is 0. The second kappa shape index (κ2) is 9.35. The van der Waals surface area contributed by atoms with Gasteiger partial charge in [0.15, 0.2) is 0 Å². The number of aryl methyl sites for hydroxylation is 1. The highest BCUT2D eigenvalue weighted by Crippen LogP contribution is 2.20. The number of furan rings is 1. The van der Waals surface area contributed by atoms with Crippen LogP contribution in [0.15, 0.2) is 40.8 Å². The molecule has 2 aromatic rings. The standard InChI is InChI=1S/C18H24N2O3.ClH/c1-5-22-15-8-6-7-14(11-15)18(21)19-12-16(20(3)4)17-10-9-13(2)23-17;/h6-11,16H,5,12H2,1-4H3,(H,19,21);1H. The summed E-state index contributed by atoms with van der Waals surface area (Å²) < 4.78 is 11.1. The van der Waals surface area contributed by atoms with Gasteiger partial charge in [-0.3, -0.25) is 9.69 Å². The van der Waals surface area contributed by atoms with Crippen LogP contribution >= 0.6 is 12.4 Å². The summed E-state index contributed by atoms with van der Waals surface area (Å²) in [6.45, 7) is 4.87. The van der Waals surface area contributed by atoms with Crippen LogP contribution in [0.5, 0.6) is 5.75 Å². The second-order valence-corrected chi connectivity index (χ2v) is 5.60. The minimum Gasteiger partial charge on any atom is -0.494 e. The first-order valence-electron chi connectivity index (χ1n) is 7.75. The Hall–Kier alpha value is -1.98. The zero-order valence-electron chi connectivity index (χ0n) is 14.5. The van der Waals surface area contributed by atoms with Crippen LogP contribution in [0.1, 0.15) is 34.8 Å². The van der Waals surface area contributed by atoms with Gasteiger partial charge >= 0.3 is 0 Å². The van der Waals surface area contributed by atoms with Crippen molar-refractivity contribution in [3.8, 4) is 5.75 Å². The smallest absolute Gasteiger partial charge is 0.251 e. The summed E-state index contributed by atoms with van der Waals surface area (Å²) in [4.78, 5) is 14.4. The number of nitrogens with one attached hydrogen (secondary N) is 1. The predicted octanol–water partition coefficient (Wildman–Crippen LogP) is 3.44. The Morgan fingerprint density at radius 1 is 1.29 bits per heavy atom. The van der Waals surface area contributed by atoms with E-state index >= 15 is 0 Å². The monoisotopic (exact) mass is 352 g/mol. The van der Waals surface area contributed by atoms with Gasteiger partial charge in [-0.25, -0.2) is 0 Å². The van der Waals surface area contributed by atoms with Gasteiger partial charge in [0.2, 0.25) is 0 Å². The number of benzene rings is 1. The summed E-state index contributed by atoms with van der Waals surface area (Å²) >= 11 is 0. The molecule has 0 spiro atoms. The summed E-state index contributed by atoms with van der Waals surface area (Å²) in [5.41, 5.74) is 0.587. The Morgan fingerprint density at radius 3 is 2.62 bits per heavy atom. The van der Waals surface area contributed by atoms with E-state index < -0.39 is 0 Å². The van der Waals surface area contributed by atoms with Gasteiger partial charge in [-0.2, -0.15) is 0 Å². The Morgan fingerprint density at radius 2 is 2.04 bits per heavy atom. The number of nitrogens with zero attached hydrogens (tertiary/aromatic N) is 1. The molecule has 0 saturated carbocycles. The first-order valence-corrected chi connectivity index (χ1v) is 7.75. The highest BCUT2D eigenvalue weighted by atomic mass is 35.5. The first-order chi connectivity index (χ1) is 11.0. The lowest BCUT2D eigenvalue weighted by Crippen LogP contribution is -2.34. The van der Waals surface area contributed by atoms with E-state index in [9.17, 15) is 4.79 Å². The van der Waals surface area contributed by atoms with Crippen LogP contribution in [-0.4, -0.2) is 38.1 Å².